The summed E-state index contributed by atoms with van der Waals surface area (Å²) >= 11 is 0. The molecular formula is C19H18N2O4. The number of Topliss-reactive ketones (excluding diaryl/α,β-unsaturated/α-hetero) is 1. The van der Waals surface area contributed by atoms with Gasteiger partial charge in [0.25, 0.3) is 5.91 Å². The number of phenols is 1. The summed E-state index contributed by atoms with van der Waals surface area (Å²) in [7, 11) is 0. The van der Waals surface area contributed by atoms with Gasteiger partial charge in [0.1, 0.15) is 5.75 Å². The Hall–Kier alpha value is -3.15. The van der Waals surface area contributed by atoms with E-state index in [1.165, 1.54) is 17.0 Å². The predicted molar refractivity (Wildman–Crippen MR) is 90.6 cm³/mol. The molecule has 2 aromatic rings. The largest absolute Gasteiger partial charge is 0.508 e. The van der Waals surface area contributed by atoms with Gasteiger partial charge in [0, 0.05) is 25.4 Å². The molecule has 2 heterocycles. The highest BCUT2D eigenvalue weighted by Crippen LogP contribution is 2.39. The first-order valence-corrected chi connectivity index (χ1v) is 7.98. The Bertz CT molecular complexity index is 846. The molecule has 1 aromatic heterocycles. The van der Waals surface area contributed by atoms with Crippen LogP contribution >= 0.6 is 0 Å². The van der Waals surface area contributed by atoms with E-state index in [1.54, 1.807) is 43.6 Å². The predicted octanol–water partition coefficient (Wildman–Crippen LogP) is 2.66. The number of hydrogen-bond acceptors (Lipinski definition) is 5. The van der Waals surface area contributed by atoms with E-state index in [-0.39, 0.29) is 30.1 Å². The molecule has 1 aliphatic rings. The Morgan fingerprint density at radius 1 is 1.20 bits per heavy atom. The zero-order chi connectivity index (χ0) is 18.0. The van der Waals surface area contributed by atoms with Crippen molar-refractivity contribution in [3.63, 3.8) is 0 Å². The van der Waals surface area contributed by atoms with E-state index < -0.39 is 17.7 Å². The van der Waals surface area contributed by atoms with Crippen LogP contribution in [0.25, 0.3) is 0 Å². The highest BCUT2D eigenvalue weighted by atomic mass is 16.3. The fourth-order valence-corrected chi connectivity index (χ4v) is 3.02. The fourth-order valence-electron chi connectivity index (χ4n) is 3.02. The molecular weight excluding hydrogens is 320 g/mol. The molecule has 0 aliphatic carbocycles. The number of phenolic OH excluding ortho intramolecular Hbond substituents is 1. The molecule has 6 heteroatoms. The number of hydrogen-bond donors (Lipinski definition) is 2. The Morgan fingerprint density at radius 3 is 2.56 bits per heavy atom. The molecule has 0 spiro atoms. The van der Waals surface area contributed by atoms with Gasteiger partial charge in [-0.1, -0.05) is 19.1 Å². The summed E-state index contributed by atoms with van der Waals surface area (Å²) in [5.74, 6) is -1.38. The smallest absolute Gasteiger partial charge is 0.290 e. The summed E-state index contributed by atoms with van der Waals surface area (Å²) in [6, 6.07) is 9.17. The van der Waals surface area contributed by atoms with Crippen LogP contribution in [-0.4, -0.2) is 31.8 Å². The van der Waals surface area contributed by atoms with Gasteiger partial charge in [-0.25, -0.2) is 0 Å². The number of ketones is 1. The molecule has 0 saturated carbocycles. The summed E-state index contributed by atoms with van der Waals surface area (Å²) < 4.78 is 0. The van der Waals surface area contributed by atoms with Crippen molar-refractivity contribution in [2.45, 2.75) is 25.9 Å². The van der Waals surface area contributed by atoms with Crippen LogP contribution in [0.4, 0.5) is 0 Å². The van der Waals surface area contributed by atoms with Crippen LogP contribution in [0.5, 0.6) is 5.75 Å². The van der Waals surface area contributed by atoms with Crippen molar-refractivity contribution in [1.29, 1.82) is 0 Å². The average molecular weight is 338 g/mol. The topological polar surface area (TPSA) is 90.7 Å². The summed E-state index contributed by atoms with van der Waals surface area (Å²) in [6.07, 6.45) is 3.40. The summed E-state index contributed by atoms with van der Waals surface area (Å²) in [5, 5.41) is 20.1. The Labute approximate surface area is 145 Å². The number of aromatic nitrogens is 1. The van der Waals surface area contributed by atoms with E-state index in [0.717, 1.165) is 5.56 Å². The first-order valence-electron chi connectivity index (χ1n) is 7.98. The van der Waals surface area contributed by atoms with Crippen LogP contribution in [0.1, 0.15) is 30.5 Å². The van der Waals surface area contributed by atoms with Crippen LogP contribution < -0.4 is 0 Å². The molecule has 0 bridgehead atoms. The maximum absolute atomic E-state index is 12.6. The minimum atomic E-state index is -0.736. The lowest BCUT2D eigenvalue weighted by molar-refractivity contribution is -0.130. The second kappa shape index (κ2) is 6.76. The molecule has 0 saturated heterocycles. The Kier molecular flexibility index (Phi) is 4.52. The fraction of sp³-hybridized carbons (Fsp3) is 0.211. The van der Waals surface area contributed by atoms with Crippen molar-refractivity contribution >= 4 is 11.7 Å². The molecule has 6 nitrogen and oxygen atoms in total. The van der Waals surface area contributed by atoms with Gasteiger partial charge in [-0.15, -0.1) is 0 Å². The molecule has 0 radical (unpaired) electrons. The molecule has 128 valence electrons. The second-order valence-electron chi connectivity index (χ2n) is 5.83. The number of aromatic hydroxyl groups is 1. The first kappa shape index (κ1) is 16.7. The number of amides is 1. The van der Waals surface area contributed by atoms with Crippen LogP contribution in [0, 0.1) is 0 Å². The highest BCUT2D eigenvalue weighted by Gasteiger charge is 2.42. The number of carbonyl (C=O) groups excluding carboxylic acids is 2. The molecule has 1 unspecified atom stereocenters. The van der Waals surface area contributed by atoms with Gasteiger partial charge >= 0.3 is 0 Å². The van der Waals surface area contributed by atoms with Crippen LogP contribution in [0.3, 0.4) is 0 Å². The molecule has 2 N–H and O–H groups in total. The van der Waals surface area contributed by atoms with Gasteiger partial charge in [0.15, 0.2) is 11.5 Å². The molecule has 1 atom stereocenters. The van der Waals surface area contributed by atoms with Crippen molar-refractivity contribution in [2.75, 3.05) is 0 Å². The van der Waals surface area contributed by atoms with E-state index in [9.17, 15) is 19.8 Å². The summed E-state index contributed by atoms with van der Waals surface area (Å²) in [5.41, 5.74) is 1.47. The van der Waals surface area contributed by atoms with Gasteiger partial charge in [-0.3, -0.25) is 14.6 Å². The highest BCUT2D eigenvalue weighted by molar-refractivity contribution is 6.08. The molecule has 1 aliphatic heterocycles. The van der Waals surface area contributed by atoms with Crippen molar-refractivity contribution in [3.05, 3.63) is 71.3 Å². The van der Waals surface area contributed by atoms with Gasteiger partial charge < -0.3 is 15.1 Å². The third kappa shape index (κ3) is 3.10. The van der Waals surface area contributed by atoms with E-state index in [0.29, 0.717) is 5.56 Å². The maximum atomic E-state index is 12.6. The number of carbonyl (C=O) groups is 2. The van der Waals surface area contributed by atoms with Crippen LogP contribution in [-0.2, 0) is 16.1 Å². The standard InChI is InChI=1S/C19H18N2O4/c1-2-15(23)16-17(13-4-3-5-14(22)10-13)21(19(25)18(16)24)11-12-6-8-20-9-7-12/h3-10,17,22,24H,2,11H2,1H3. The van der Waals surface area contributed by atoms with E-state index in [2.05, 4.69) is 4.98 Å². The van der Waals surface area contributed by atoms with Gasteiger partial charge in [0.2, 0.25) is 0 Å². The quantitative estimate of drug-likeness (QED) is 0.874. The normalized spacial score (nSPS) is 17.2. The summed E-state index contributed by atoms with van der Waals surface area (Å²) in [6.45, 7) is 1.89. The van der Waals surface area contributed by atoms with Crippen molar-refractivity contribution in [3.8, 4) is 5.75 Å². The monoisotopic (exact) mass is 338 g/mol. The van der Waals surface area contributed by atoms with Crippen molar-refractivity contribution in [2.24, 2.45) is 0 Å². The number of pyridine rings is 1. The zero-order valence-corrected chi connectivity index (χ0v) is 13.7. The lowest BCUT2D eigenvalue weighted by atomic mass is 9.95. The number of aliphatic hydroxyl groups excluding tert-OH is 1. The number of benzene rings is 1. The number of nitrogens with zero attached hydrogens (tertiary/aromatic N) is 2. The Balaban J connectivity index is 2.07. The zero-order valence-electron chi connectivity index (χ0n) is 13.7. The summed E-state index contributed by atoms with van der Waals surface area (Å²) in [4.78, 5) is 30.3. The molecule has 3 rings (SSSR count). The van der Waals surface area contributed by atoms with E-state index in [4.69, 9.17) is 0 Å². The van der Waals surface area contributed by atoms with Crippen molar-refractivity contribution < 1.29 is 19.8 Å². The third-order valence-corrected chi connectivity index (χ3v) is 4.21. The molecule has 0 fully saturated rings. The minimum Gasteiger partial charge on any atom is -0.508 e. The first-order chi connectivity index (χ1) is 12.0. The average Bonchev–Trinajstić information content (AvgIpc) is 2.87. The van der Waals surface area contributed by atoms with Crippen molar-refractivity contribution in [1.82, 2.24) is 9.88 Å². The number of rotatable bonds is 5. The SMILES string of the molecule is CCC(=O)C1=C(O)C(=O)N(Cc2ccncc2)C1c1cccc(O)c1. The number of aliphatic hydroxyl groups is 1. The molecule has 1 amide bonds. The minimum absolute atomic E-state index is 0.0310. The lowest BCUT2D eigenvalue weighted by Crippen LogP contribution is -2.30. The molecule has 1 aromatic carbocycles. The Morgan fingerprint density at radius 2 is 1.92 bits per heavy atom. The molecule has 25 heavy (non-hydrogen) atoms. The van der Waals surface area contributed by atoms with Gasteiger partial charge in [-0.2, -0.15) is 0 Å². The van der Waals surface area contributed by atoms with E-state index >= 15 is 0 Å². The maximum Gasteiger partial charge on any atom is 0.290 e. The lowest BCUT2D eigenvalue weighted by Gasteiger charge is -2.27. The van der Waals surface area contributed by atoms with Gasteiger partial charge in [-0.05, 0) is 35.4 Å². The second-order valence-corrected chi connectivity index (χ2v) is 5.83. The third-order valence-electron chi connectivity index (χ3n) is 4.21. The van der Waals surface area contributed by atoms with Crippen LogP contribution in [0.2, 0.25) is 0 Å². The van der Waals surface area contributed by atoms with Crippen LogP contribution in [0.15, 0.2) is 60.1 Å². The van der Waals surface area contributed by atoms with Gasteiger partial charge in [0.05, 0.1) is 11.6 Å². The van der Waals surface area contributed by atoms with E-state index in [1.807, 2.05) is 0 Å².